The van der Waals surface area contributed by atoms with Crippen LogP contribution < -0.4 is 0 Å². The fourth-order valence-corrected chi connectivity index (χ4v) is 2.53. The van der Waals surface area contributed by atoms with Crippen molar-refractivity contribution in [2.75, 3.05) is 19.7 Å². The average molecular weight is 233 g/mol. The van der Waals surface area contributed by atoms with Gasteiger partial charge in [0.2, 0.25) is 0 Å². The van der Waals surface area contributed by atoms with E-state index in [1.165, 1.54) is 11.1 Å². The summed E-state index contributed by atoms with van der Waals surface area (Å²) in [5.74, 6) is 0.535. The van der Waals surface area contributed by atoms with Crippen LogP contribution >= 0.6 is 0 Å². The molecule has 2 heteroatoms. The molecule has 1 fully saturated rings. The zero-order valence-corrected chi connectivity index (χ0v) is 10.7. The zero-order chi connectivity index (χ0) is 12.1. The van der Waals surface area contributed by atoms with Gasteiger partial charge in [0, 0.05) is 13.2 Å². The lowest BCUT2D eigenvalue weighted by Gasteiger charge is -2.31. The van der Waals surface area contributed by atoms with E-state index in [2.05, 4.69) is 36.1 Å². The number of nitrogens with zero attached hydrogens (tertiary/aromatic N) is 1. The normalized spacial score (nSPS) is 18.5. The van der Waals surface area contributed by atoms with Crippen molar-refractivity contribution < 1.29 is 5.11 Å². The van der Waals surface area contributed by atoms with Gasteiger partial charge >= 0.3 is 0 Å². The second-order valence-electron chi connectivity index (χ2n) is 5.08. The fourth-order valence-electron chi connectivity index (χ4n) is 2.53. The molecule has 1 N–H and O–H groups in total. The molecule has 0 radical (unpaired) electrons. The lowest BCUT2D eigenvalue weighted by molar-refractivity contribution is 0.127. The number of aryl methyl sites for hydroxylation is 1. The average Bonchev–Trinajstić information content (AvgIpc) is 2.40. The van der Waals surface area contributed by atoms with Gasteiger partial charge in [-0.1, -0.05) is 31.2 Å². The summed E-state index contributed by atoms with van der Waals surface area (Å²) in [7, 11) is 0. The first-order valence-corrected chi connectivity index (χ1v) is 6.73. The summed E-state index contributed by atoms with van der Waals surface area (Å²) < 4.78 is 0. The fraction of sp³-hybridized carbons (Fsp3) is 0.600. The van der Waals surface area contributed by atoms with E-state index in [0.717, 1.165) is 38.9 Å². The molecule has 1 heterocycles. The summed E-state index contributed by atoms with van der Waals surface area (Å²) in [6.45, 7) is 5.88. The maximum Gasteiger partial charge on any atom is 0.0460 e. The molecule has 17 heavy (non-hydrogen) atoms. The highest BCUT2D eigenvalue weighted by molar-refractivity contribution is 5.23. The minimum atomic E-state index is 0.360. The zero-order valence-electron chi connectivity index (χ0n) is 10.7. The highest BCUT2D eigenvalue weighted by atomic mass is 16.3. The topological polar surface area (TPSA) is 23.5 Å². The molecule has 0 saturated carbocycles. The predicted octanol–water partition coefficient (Wildman–Crippen LogP) is 2.45. The Labute approximate surface area is 104 Å². The molecule has 1 aromatic rings. The Morgan fingerprint density at radius 3 is 2.59 bits per heavy atom. The van der Waals surface area contributed by atoms with Crippen LogP contribution in [0.4, 0.5) is 0 Å². The Morgan fingerprint density at radius 2 is 1.94 bits per heavy atom. The van der Waals surface area contributed by atoms with Gasteiger partial charge in [0.1, 0.15) is 0 Å². The first-order chi connectivity index (χ1) is 8.31. The van der Waals surface area contributed by atoms with E-state index < -0.39 is 0 Å². The van der Waals surface area contributed by atoms with E-state index in [1.54, 1.807) is 0 Å². The number of likely N-dealkylation sites (tertiary alicyclic amines) is 1. The SMILES string of the molecule is CCc1cccc(CN2CCC(CO)CC2)c1. The van der Waals surface area contributed by atoms with E-state index in [9.17, 15) is 0 Å². The van der Waals surface area contributed by atoms with Crippen molar-refractivity contribution in [3.8, 4) is 0 Å². The summed E-state index contributed by atoms with van der Waals surface area (Å²) in [5.41, 5.74) is 2.85. The first kappa shape index (κ1) is 12.6. The van der Waals surface area contributed by atoms with Gasteiger partial charge in [-0.25, -0.2) is 0 Å². The molecular weight excluding hydrogens is 210 g/mol. The smallest absolute Gasteiger partial charge is 0.0460 e. The molecule has 94 valence electrons. The Balaban J connectivity index is 1.88. The monoisotopic (exact) mass is 233 g/mol. The Hall–Kier alpha value is -0.860. The van der Waals surface area contributed by atoms with Crippen molar-refractivity contribution >= 4 is 0 Å². The van der Waals surface area contributed by atoms with Gasteiger partial charge in [-0.15, -0.1) is 0 Å². The second kappa shape index (κ2) is 6.18. The van der Waals surface area contributed by atoms with Crippen LogP contribution in [0.1, 0.15) is 30.9 Å². The summed E-state index contributed by atoms with van der Waals surface area (Å²) in [5, 5.41) is 9.12. The van der Waals surface area contributed by atoms with E-state index in [4.69, 9.17) is 5.11 Å². The van der Waals surface area contributed by atoms with Crippen LogP contribution in [0.3, 0.4) is 0 Å². The lowest BCUT2D eigenvalue weighted by Crippen LogP contribution is -2.34. The molecule has 1 aliphatic rings. The van der Waals surface area contributed by atoms with Crippen LogP contribution in [-0.2, 0) is 13.0 Å². The summed E-state index contributed by atoms with van der Waals surface area (Å²) in [6, 6.07) is 8.89. The molecule has 0 atom stereocenters. The second-order valence-corrected chi connectivity index (χ2v) is 5.08. The van der Waals surface area contributed by atoms with Gasteiger partial charge in [0.15, 0.2) is 0 Å². The highest BCUT2D eigenvalue weighted by Crippen LogP contribution is 2.18. The van der Waals surface area contributed by atoms with Crippen LogP contribution in [0.15, 0.2) is 24.3 Å². The van der Waals surface area contributed by atoms with Crippen molar-refractivity contribution in [3.05, 3.63) is 35.4 Å². The van der Waals surface area contributed by atoms with Crippen LogP contribution in [0.25, 0.3) is 0 Å². The van der Waals surface area contributed by atoms with Crippen molar-refractivity contribution in [2.24, 2.45) is 5.92 Å². The van der Waals surface area contributed by atoms with Crippen LogP contribution in [0, 0.1) is 5.92 Å². The highest BCUT2D eigenvalue weighted by Gasteiger charge is 2.18. The number of hydrogen-bond acceptors (Lipinski definition) is 2. The minimum Gasteiger partial charge on any atom is -0.396 e. The van der Waals surface area contributed by atoms with Crippen molar-refractivity contribution in [3.63, 3.8) is 0 Å². The van der Waals surface area contributed by atoms with Gasteiger partial charge < -0.3 is 5.11 Å². The maximum atomic E-state index is 9.12. The molecular formula is C15H23NO. The largest absolute Gasteiger partial charge is 0.396 e. The molecule has 1 aliphatic heterocycles. The number of piperidine rings is 1. The van der Waals surface area contributed by atoms with E-state index >= 15 is 0 Å². The molecule has 1 saturated heterocycles. The van der Waals surface area contributed by atoms with E-state index in [0.29, 0.717) is 12.5 Å². The molecule has 1 aromatic carbocycles. The number of aliphatic hydroxyl groups is 1. The molecule has 2 nitrogen and oxygen atoms in total. The number of benzene rings is 1. The standard InChI is InChI=1S/C15H23NO/c1-2-13-4-3-5-15(10-13)11-16-8-6-14(12-17)7-9-16/h3-5,10,14,17H,2,6-9,11-12H2,1H3. The van der Waals surface area contributed by atoms with Crippen molar-refractivity contribution in [2.45, 2.75) is 32.7 Å². The van der Waals surface area contributed by atoms with Gasteiger partial charge in [-0.05, 0) is 49.4 Å². The van der Waals surface area contributed by atoms with Crippen LogP contribution in [0.2, 0.25) is 0 Å². The summed E-state index contributed by atoms with van der Waals surface area (Å²) >= 11 is 0. The molecule has 0 unspecified atom stereocenters. The third-order valence-electron chi connectivity index (χ3n) is 3.77. The van der Waals surface area contributed by atoms with Gasteiger partial charge in [-0.2, -0.15) is 0 Å². The molecule has 0 bridgehead atoms. The lowest BCUT2D eigenvalue weighted by atomic mass is 9.97. The predicted molar refractivity (Wildman–Crippen MR) is 70.9 cm³/mol. The number of rotatable bonds is 4. The van der Waals surface area contributed by atoms with Crippen LogP contribution in [0.5, 0.6) is 0 Å². The first-order valence-electron chi connectivity index (χ1n) is 6.73. The third kappa shape index (κ3) is 3.55. The van der Waals surface area contributed by atoms with Gasteiger partial charge in [-0.3, -0.25) is 4.90 Å². The quantitative estimate of drug-likeness (QED) is 0.863. The third-order valence-corrected chi connectivity index (χ3v) is 3.77. The Kier molecular flexibility index (Phi) is 4.57. The molecule has 0 aromatic heterocycles. The van der Waals surface area contributed by atoms with Crippen LogP contribution in [-0.4, -0.2) is 29.7 Å². The maximum absolute atomic E-state index is 9.12. The Morgan fingerprint density at radius 1 is 1.24 bits per heavy atom. The molecule has 0 spiro atoms. The van der Waals surface area contributed by atoms with E-state index in [1.807, 2.05) is 0 Å². The van der Waals surface area contributed by atoms with E-state index in [-0.39, 0.29) is 0 Å². The molecule has 2 rings (SSSR count). The molecule has 0 aliphatic carbocycles. The Bertz CT molecular complexity index is 343. The molecule has 0 amide bonds. The number of hydrogen-bond donors (Lipinski definition) is 1. The van der Waals surface area contributed by atoms with Gasteiger partial charge in [0.05, 0.1) is 0 Å². The minimum absolute atomic E-state index is 0.360. The van der Waals surface area contributed by atoms with Crippen molar-refractivity contribution in [1.82, 2.24) is 4.90 Å². The summed E-state index contributed by atoms with van der Waals surface area (Å²) in [6.07, 6.45) is 3.40. The number of aliphatic hydroxyl groups excluding tert-OH is 1. The summed E-state index contributed by atoms with van der Waals surface area (Å²) in [4.78, 5) is 2.50. The van der Waals surface area contributed by atoms with Gasteiger partial charge in [0.25, 0.3) is 0 Å². The van der Waals surface area contributed by atoms with Crippen molar-refractivity contribution in [1.29, 1.82) is 0 Å².